The Kier molecular flexibility index (Phi) is 3.53. The van der Waals surface area contributed by atoms with Crippen LogP contribution < -0.4 is 5.32 Å². The summed E-state index contributed by atoms with van der Waals surface area (Å²) in [5, 5.41) is 6.28. The summed E-state index contributed by atoms with van der Waals surface area (Å²) in [6.07, 6.45) is 7.72. The van der Waals surface area contributed by atoms with E-state index in [9.17, 15) is 4.79 Å². The van der Waals surface area contributed by atoms with Crippen LogP contribution in [0.2, 0.25) is 0 Å². The number of hydrogen-bond donors (Lipinski definition) is 1. The van der Waals surface area contributed by atoms with Gasteiger partial charge in [-0.1, -0.05) is 24.3 Å². The van der Waals surface area contributed by atoms with Gasteiger partial charge in [0.1, 0.15) is 10.7 Å². The second kappa shape index (κ2) is 5.66. The first-order chi connectivity index (χ1) is 12.1. The van der Waals surface area contributed by atoms with Gasteiger partial charge in [0.05, 0.1) is 0 Å². The van der Waals surface area contributed by atoms with Gasteiger partial charge in [0, 0.05) is 16.5 Å². The van der Waals surface area contributed by atoms with Crippen molar-refractivity contribution in [1.29, 1.82) is 0 Å². The van der Waals surface area contributed by atoms with E-state index in [1.54, 1.807) is 11.3 Å². The third-order valence-electron chi connectivity index (χ3n) is 6.53. The van der Waals surface area contributed by atoms with Crippen LogP contribution in [0, 0.1) is 24.7 Å². The first-order valence-corrected chi connectivity index (χ1v) is 10.3. The van der Waals surface area contributed by atoms with Crippen molar-refractivity contribution in [2.45, 2.75) is 51.0 Å². The molecule has 1 aromatic heterocycles. The molecule has 2 aromatic rings. The van der Waals surface area contributed by atoms with Gasteiger partial charge >= 0.3 is 0 Å². The number of amides is 1. The minimum absolute atomic E-state index is 0.0260. The van der Waals surface area contributed by atoms with E-state index in [1.807, 2.05) is 17.5 Å². The second-order valence-electron chi connectivity index (χ2n) is 8.50. The molecule has 0 radical (unpaired) electrons. The number of aromatic nitrogens is 1. The molecule has 4 fully saturated rings. The molecule has 4 heteroatoms. The molecule has 3 nitrogen and oxygen atoms in total. The average Bonchev–Trinajstić information content (AvgIpc) is 3.03. The summed E-state index contributed by atoms with van der Waals surface area (Å²) in [6, 6.07) is 8.23. The molecule has 4 aliphatic carbocycles. The highest BCUT2D eigenvalue weighted by molar-refractivity contribution is 7.13. The number of hydrogen-bond acceptors (Lipinski definition) is 3. The first-order valence-electron chi connectivity index (χ1n) is 9.44. The molecule has 4 bridgehead atoms. The van der Waals surface area contributed by atoms with Crippen LogP contribution in [0.1, 0.15) is 54.6 Å². The number of carbonyl (C=O) groups excluding carboxylic acids is 1. The Bertz CT molecular complexity index is 790. The summed E-state index contributed by atoms with van der Waals surface area (Å²) in [7, 11) is 0. The van der Waals surface area contributed by atoms with E-state index in [0.717, 1.165) is 28.3 Å². The Hall–Kier alpha value is -1.68. The van der Waals surface area contributed by atoms with Crippen LogP contribution >= 0.6 is 11.3 Å². The summed E-state index contributed by atoms with van der Waals surface area (Å²) < 4.78 is 0. The highest BCUT2D eigenvalue weighted by atomic mass is 32.1. The molecule has 130 valence electrons. The molecule has 6 rings (SSSR count). The first kappa shape index (κ1) is 15.6. The Morgan fingerprint density at radius 2 is 1.76 bits per heavy atom. The molecule has 0 saturated heterocycles. The number of benzene rings is 1. The molecular formula is C21H24N2OS. The second-order valence-corrected chi connectivity index (χ2v) is 9.36. The van der Waals surface area contributed by atoms with E-state index in [0.29, 0.717) is 5.69 Å². The Morgan fingerprint density at radius 1 is 1.12 bits per heavy atom. The summed E-state index contributed by atoms with van der Waals surface area (Å²) in [6.45, 7) is 2.09. The zero-order valence-electron chi connectivity index (χ0n) is 14.6. The number of nitrogens with zero attached hydrogens (tertiary/aromatic N) is 1. The Balaban J connectivity index is 1.36. The molecule has 1 heterocycles. The van der Waals surface area contributed by atoms with Crippen LogP contribution in [0.5, 0.6) is 0 Å². The van der Waals surface area contributed by atoms with Crippen molar-refractivity contribution in [3.63, 3.8) is 0 Å². The monoisotopic (exact) mass is 352 g/mol. The van der Waals surface area contributed by atoms with E-state index >= 15 is 0 Å². The van der Waals surface area contributed by atoms with Gasteiger partial charge in [0.2, 0.25) is 0 Å². The predicted octanol–water partition coefficient (Wildman–Crippen LogP) is 4.82. The molecule has 1 aromatic carbocycles. The van der Waals surface area contributed by atoms with Crippen LogP contribution in [0.25, 0.3) is 10.6 Å². The molecule has 0 spiro atoms. The molecular weight excluding hydrogens is 328 g/mol. The number of nitrogens with one attached hydrogen (secondary N) is 1. The SMILES string of the molecule is Cc1ccccc1-c1nc(C(=O)NC23CC4CC(CC(C4)C2)C3)cs1. The highest BCUT2D eigenvalue weighted by Crippen LogP contribution is 2.55. The molecule has 0 unspecified atom stereocenters. The third-order valence-corrected chi connectivity index (χ3v) is 7.40. The van der Waals surface area contributed by atoms with Gasteiger partial charge < -0.3 is 5.32 Å². The molecule has 4 saturated carbocycles. The molecule has 1 N–H and O–H groups in total. The van der Waals surface area contributed by atoms with Crippen molar-refractivity contribution in [3.8, 4) is 10.6 Å². The standard InChI is InChI=1S/C21H24N2OS/c1-13-4-2-3-5-17(13)20-22-18(12-25-20)19(24)23-21-9-14-6-15(10-21)8-16(7-14)11-21/h2-5,12,14-16H,6-11H2,1H3,(H,23,24). The Labute approximate surface area is 152 Å². The zero-order chi connectivity index (χ0) is 17.0. The van der Waals surface area contributed by atoms with Crippen LogP contribution in [0.3, 0.4) is 0 Å². The number of aryl methyl sites for hydroxylation is 1. The average molecular weight is 353 g/mol. The summed E-state index contributed by atoms with van der Waals surface area (Å²) in [4.78, 5) is 17.5. The van der Waals surface area contributed by atoms with Gasteiger partial charge in [-0.3, -0.25) is 4.79 Å². The predicted molar refractivity (Wildman–Crippen MR) is 101 cm³/mol. The molecule has 1 amide bonds. The minimum atomic E-state index is 0.0260. The quantitative estimate of drug-likeness (QED) is 0.861. The van der Waals surface area contributed by atoms with Gasteiger partial charge in [-0.05, 0) is 68.8 Å². The van der Waals surface area contributed by atoms with Gasteiger partial charge in [-0.15, -0.1) is 11.3 Å². The maximum atomic E-state index is 12.9. The zero-order valence-corrected chi connectivity index (χ0v) is 15.4. The maximum Gasteiger partial charge on any atom is 0.271 e. The molecule has 0 atom stereocenters. The molecule has 4 aliphatic rings. The van der Waals surface area contributed by atoms with Gasteiger partial charge in [0.15, 0.2) is 0 Å². The fourth-order valence-corrected chi connectivity index (χ4v) is 6.77. The lowest BCUT2D eigenvalue weighted by molar-refractivity contribution is -0.0167. The van der Waals surface area contributed by atoms with Gasteiger partial charge in [-0.2, -0.15) is 0 Å². The van der Waals surface area contributed by atoms with Crippen molar-refractivity contribution < 1.29 is 4.79 Å². The normalized spacial score (nSPS) is 32.8. The smallest absolute Gasteiger partial charge is 0.271 e. The van der Waals surface area contributed by atoms with E-state index in [4.69, 9.17) is 0 Å². The molecule has 25 heavy (non-hydrogen) atoms. The lowest BCUT2D eigenvalue weighted by Crippen LogP contribution is -2.59. The van der Waals surface area contributed by atoms with E-state index < -0.39 is 0 Å². The van der Waals surface area contributed by atoms with Crippen LogP contribution in [-0.2, 0) is 0 Å². The van der Waals surface area contributed by atoms with E-state index in [-0.39, 0.29) is 11.4 Å². The van der Waals surface area contributed by atoms with E-state index in [2.05, 4.69) is 29.4 Å². The minimum Gasteiger partial charge on any atom is -0.345 e. The maximum absolute atomic E-state index is 12.9. The van der Waals surface area contributed by atoms with Crippen molar-refractivity contribution in [2.75, 3.05) is 0 Å². The largest absolute Gasteiger partial charge is 0.345 e. The van der Waals surface area contributed by atoms with Gasteiger partial charge in [-0.25, -0.2) is 4.98 Å². The van der Waals surface area contributed by atoms with Crippen molar-refractivity contribution in [3.05, 3.63) is 40.9 Å². The lowest BCUT2D eigenvalue weighted by atomic mass is 9.53. The Morgan fingerprint density at radius 3 is 2.40 bits per heavy atom. The summed E-state index contributed by atoms with van der Waals surface area (Å²) >= 11 is 1.57. The topological polar surface area (TPSA) is 42.0 Å². The van der Waals surface area contributed by atoms with Crippen molar-refractivity contribution >= 4 is 17.2 Å². The number of carbonyl (C=O) groups is 1. The fourth-order valence-electron chi connectivity index (χ4n) is 5.88. The summed E-state index contributed by atoms with van der Waals surface area (Å²) in [5.41, 5.74) is 2.96. The van der Waals surface area contributed by atoms with E-state index in [1.165, 1.54) is 44.1 Å². The van der Waals surface area contributed by atoms with Gasteiger partial charge in [0.25, 0.3) is 5.91 Å². The van der Waals surface area contributed by atoms with Crippen molar-refractivity contribution in [2.24, 2.45) is 17.8 Å². The molecule has 0 aliphatic heterocycles. The summed E-state index contributed by atoms with van der Waals surface area (Å²) in [5.74, 6) is 2.54. The lowest BCUT2D eigenvalue weighted by Gasteiger charge is -2.56. The fraction of sp³-hybridized carbons (Fsp3) is 0.524. The van der Waals surface area contributed by atoms with Crippen molar-refractivity contribution in [1.82, 2.24) is 10.3 Å². The van der Waals surface area contributed by atoms with Crippen LogP contribution in [-0.4, -0.2) is 16.4 Å². The van der Waals surface area contributed by atoms with Crippen LogP contribution in [0.15, 0.2) is 29.6 Å². The van der Waals surface area contributed by atoms with Crippen LogP contribution in [0.4, 0.5) is 0 Å². The third kappa shape index (κ3) is 2.71. The number of thiazole rings is 1. The number of rotatable bonds is 3. The highest BCUT2D eigenvalue weighted by Gasteiger charge is 2.51.